The zero-order chi connectivity index (χ0) is 12.9. The number of amides is 1. The highest BCUT2D eigenvalue weighted by Gasteiger charge is 2.29. The van der Waals surface area contributed by atoms with Crippen molar-refractivity contribution in [3.05, 3.63) is 15.7 Å². The van der Waals surface area contributed by atoms with Crippen LogP contribution >= 0.6 is 27.3 Å². The van der Waals surface area contributed by atoms with Crippen molar-refractivity contribution in [2.24, 2.45) is 0 Å². The molecule has 3 heterocycles. The minimum absolute atomic E-state index is 0.0214. The smallest absolute Gasteiger partial charge is 0.226 e. The fourth-order valence-electron chi connectivity index (χ4n) is 2.02. The summed E-state index contributed by atoms with van der Waals surface area (Å²) >= 11 is 5.12. The molecule has 0 unspecified atom stereocenters. The minimum Gasteiger partial charge on any atom is -0.302 e. The van der Waals surface area contributed by atoms with Gasteiger partial charge in [-0.05, 0) is 22.9 Å². The summed E-state index contributed by atoms with van der Waals surface area (Å²) in [5.74, 6) is 0.727. The van der Waals surface area contributed by atoms with Gasteiger partial charge < -0.3 is 4.57 Å². The maximum atomic E-state index is 11.5. The normalized spacial score (nSPS) is 14.1. The summed E-state index contributed by atoms with van der Waals surface area (Å²) in [5, 5.41) is 2.87. The summed E-state index contributed by atoms with van der Waals surface area (Å²) in [5.41, 5.74) is 1.80. The van der Waals surface area contributed by atoms with E-state index in [1.807, 2.05) is 16.9 Å². The van der Waals surface area contributed by atoms with Gasteiger partial charge >= 0.3 is 0 Å². The lowest BCUT2D eigenvalue weighted by Crippen LogP contribution is -2.26. The molecule has 0 saturated carbocycles. The van der Waals surface area contributed by atoms with Crippen molar-refractivity contribution >= 4 is 39.1 Å². The molecule has 1 aliphatic heterocycles. The molecule has 3 rings (SSSR count). The van der Waals surface area contributed by atoms with Crippen molar-refractivity contribution in [1.82, 2.24) is 14.5 Å². The van der Waals surface area contributed by atoms with Crippen LogP contribution in [0.4, 0.5) is 5.95 Å². The first-order chi connectivity index (χ1) is 8.58. The van der Waals surface area contributed by atoms with Crippen LogP contribution in [0.25, 0.3) is 10.7 Å². The van der Waals surface area contributed by atoms with E-state index in [-0.39, 0.29) is 5.91 Å². The number of hydrogen-bond acceptors (Lipinski definition) is 4. The van der Waals surface area contributed by atoms with E-state index in [1.165, 1.54) is 0 Å². The molecular formula is C11H11BrN4OS. The van der Waals surface area contributed by atoms with Crippen LogP contribution in [0.5, 0.6) is 0 Å². The molecule has 1 amide bonds. The lowest BCUT2D eigenvalue weighted by Gasteiger charge is -2.09. The van der Waals surface area contributed by atoms with Crippen molar-refractivity contribution < 1.29 is 4.79 Å². The van der Waals surface area contributed by atoms with E-state index in [4.69, 9.17) is 0 Å². The Morgan fingerprint density at radius 3 is 2.83 bits per heavy atom. The molecule has 0 bridgehead atoms. The van der Waals surface area contributed by atoms with Crippen LogP contribution in [0.2, 0.25) is 0 Å². The van der Waals surface area contributed by atoms with Gasteiger partial charge in [0.2, 0.25) is 11.9 Å². The van der Waals surface area contributed by atoms with Crippen LogP contribution in [0, 0.1) is 6.92 Å². The Morgan fingerprint density at radius 1 is 1.44 bits per heavy atom. The summed E-state index contributed by atoms with van der Waals surface area (Å²) < 4.78 is 2.91. The number of carbonyl (C=O) groups excluding carboxylic acids is 1. The highest BCUT2D eigenvalue weighted by atomic mass is 79.9. The fraction of sp³-hybridized carbons (Fsp3) is 0.364. The predicted octanol–water partition coefficient (Wildman–Crippen LogP) is 2.44. The molecule has 0 saturated heterocycles. The third-order valence-electron chi connectivity index (χ3n) is 2.88. The summed E-state index contributed by atoms with van der Waals surface area (Å²) in [6, 6.07) is 0. The number of hydrogen-bond donors (Lipinski definition) is 0. The van der Waals surface area contributed by atoms with Crippen molar-refractivity contribution in [3.63, 3.8) is 0 Å². The molecule has 94 valence electrons. The molecule has 18 heavy (non-hydrogen) atoms. The Hall–Kier alpha value is -1.21. The number of anilines is 1. The van der Waals surface area contributed by atoms with Gasteiger partial charge in [0.15, 0.2) is 0 Å². The molecule has 1 aliphatic rings. The van der Waals surface area contributed by atoms with Gasteiger partial charge in [-0.25, -0.2) is 9.97 Å². The number of nitrogens with zero attached hydrogens (tertiary/aromatic N) is 4. The van der Waals surface area contributed by atoms with Gasteiger partial charge in [-0.3, -0.25) is 9.69 Å². The second-order valence-corrected chi connectivity index (χ2v) is 5.78. The van der Waals surface area contributed by atoms with Gasteiger partial charge in [0.1, 0.15) is 15.3 Å². The summed E-state index contributed by atoms with van der Waals surface area (Å²) in [7, 11) is 0. The standard InChI is InChI=1S/C11H11BrN4OS/c1-6-5-18-10(13-6)8-9(12)16-4-3-15(7(2)17)11(16)14-8/h5H,3-4H2,1-2H3. The first-order valence-electron chi connectivity index (χ1n) is 5.54. The van der Waals surface area contributed by atoms with Crippen molar-refractivity contribution in [3.8, 4) is 10.7 Å². The van der Waals surface area contributed by atoms with Gasteiger partial charge in [0.25, 0.3) is 0 Å². The molecule has 0 fully saturated rings. The molecule has 0 aromatic carbocycles. The molecule has 2 aromatic rings. The van der Waals surface area contributed by atoms with Crippen LogP contribution in [-0.4, -0.2) is 27.0 Å². The van der Waals surface area contributed by atoms with Crippen LogP contribution < -0.4 is 4.90 Å². The Bertz CT molecular complexity index is 633. The number of aromatic nitrogens is 3. The number of rotatable bonds is 1. The summed E-state index contributed by atoms with van der Waals surface area (Å²) in [6.45, 7) is 4.98. The lowest BCUT2D eigenvalue weighted by atomic mass is 10.5. The van der Waals surface area contributed by atoms with E-state index in [2.05, 4.69) is 25.9 Å². The van der Waals surface area contributed by atoms with Crippen molar-refractivity contribution in [1.29, 1.82) is 0 Å². The second-order valence-electron chi connectivity index (χ2n) is 4.17. The number of aryl methyl sites for hydroxylation is 1. The number of thiazole rings is 1. The Kier molecular flexibility index (Phi) is 2.74. The molecule has 0 spiro atoms. The lowest BCUT2D eigenvalue weighted by molar-refractivity contribution is -0.116. The number of halogens is 1. The zero-order valence-electron chi connectivity index (χ0n) is 9.97. The molecule has 0 radical (unpaired) electrons. The first kappa shape index (κ1) is 11.9. The number of imidazole rings is 1. The second kappa shape index (κ2) is 4.17. The maximum Gasteiger partial charge on any atom is 0.226 e. The van der Waals surface area contributed by atoms with Crippen molar-refractivity contribution in [2.75, 3.05) is 11.4 Å². The quantitative estimate of drug-likeness (QED) is 0.808. The molecule has 0 N–H and O–H groups in total. The van der Waals surface area contributed by atoms with E-state index in [9.17, 15) is 4.79 Å². The number of fused-ring (bicyclic) bond motifs is 1. The van der Waals surface area contributed by atoms with Crippen LogP contribution in [0.1, 0.15) is 12.6 Å². The van der Waals surface area contributed by atoms with E-state index in [0.29, 0.717) is 12.5 Å². The molecule has 0 atom stereocenters. The third kappa shape index (κ3) is 1.69. The Morgan fingerprint density at radius 2 is 2.22 bits per heavy atom. The van der Waals surface area contributed by atoms with Gasteiger partial charge in [0.05, 0.1) is 0 Å². The van der Waals surface area contributed by atoms with Gasteiger partial charge in [-0.1, -0.05) is 0 Å². The molecule has 2 aromatic heterocycles. The molecular weight excluding hydrogens is 316 g/mol. The summed E-state index contributed by atoms with van der Waals surface area (Å²) in [4.78, 5) is 22.2. The van der Waals surface area contributed by atoms with Gasteiger partial charge in [-0.2, -0.15) is 0 Å². The summed E-state index contributed by atoms with van der Waals surface area (Å²) in [6.07, 6.45) is 0. The average molecular weight is 327 g/mol. The average Bonchev–Trinajstić information content (AvgIpc) is 2.95. The van der Waals surface area contributed by atoms with Crippen LogP contribution in [0.3, 0.4) is 0 Å². The predicted molar refractivity (Wildman–Crippen MR) is 73.8 cm³/mol. The highest BCUT2D eigenvalue weighted by Crippen LogP contribution is 2.36. The van der Waals surface area contributed by atoms with Gasteiger partial charge in [0, 0.05) is 31.1 Å². The highest BCUT2D eigenvalue weighted by molar-refractivity contribution is 9.10. The maximum absolute atomic E-state index is 11.5. The van der Waals surface area contributed by atoms with E-state index >= 15 is 0 Å². The Balaban J connectivity index is 2.10. The first-order valence-corrected chi connectivity index (χ1v) is 7.22. The van der Waals surface area contributed by atoms with E-state index in [0.717, 1.165) is 27.5 Å². The third-order valence-corrected chi connectivity index (χ3v) is 4.65. The largest absolute Gasteiger partial charge is 0.302 e. The Labute approximate surface area is 117 Å². The van der Waals surface area contributed by atoms with Crippen LogP contribution in [0.15, 0.2) is 9.98 Å². The topological polar surface area (TPSA) is 51.0 Å². The van der Waals surface area contributed by atoms with Crippen LogP contribution in [-0.2, 0) is 11.3 Å². The molecule has 5 nitrogen and oxygen atoms in total. The minimum atomic E-state index is 0.0214. The van der Waals surface area contributed by atoms with E-state index < -0.39 is 0 Å². The monoisotopic (exact) mass is 326 g/mol. The number of carbonyl (C=O) groups is 1. The fourth-order valence-corrected chi connectivity index (χ4v) is 3.55. The molecule has 0 aliphatic carbocycles. The molecule has 7 heteroatoms. The van der Waals surface area contributed by atoms with Crippen molar-refractivity contribution in [2.45, 2.75) is 20.4 Å². The van der Waals surface area contributed by atoms with E-state index in [1.54, 1.807) is 23.2 Å². The SMILES string of the molecule is CC(=O)N1CCn2c1nc(-c1nc(C)cs1)c2Br. The van der Waals surface area contributed by atoms with Gasteiger partial charge in [-0.15, -0.1) is 11.3 Å². The zero-order valence-corrected chi connectivity index (χ0v) is 12.4.